The molecule has 1 fully saturated rings. The number of imide groups is 1. The molecule has 1 N–H and O–H groups in total. The van der Waals surface area contributed by atoms with Crippen molar-refractivity contribution >= 4 is 29.2 Å². The second-order valence-electron chi connectivity index (χ2n) is 11.1. The number of allylic oxidation sites excluding steroid dienone is 1. The predicted octanol–water partition coefficient (Wildman–Crippen LogP) is 8.37. The summed E-state index contributed by atoms with van der Waals surface area (Å²) >= 11 is 0. The Labute approximate surface area is 236 Å². The molecular formula is C33H50N2O4. The molecule has 39 heavy (non-hydrogen) atoms. The summed E-state index contributed by atoms with van der Waals surface area (Å²) in [5, 5.41) is 2.61. The second kappa shape index (κ2) is 18.5. The van der Waals surface area contributed by atoms with Crippen molar-refractivity contribution < 1.29 is 19.2 Å². The number of ketones is 1. The van der Waals surface area contributed by atoms with Gasteiger partial charge in [-0.3, -0.25) is 19.2 Å². The SMILES string of the molecule is C=C(C(=O)c1ccccc1NC(C)=O)N1C(=O)CC(CCCCCCCCCCCCCCCCCC)C1=O. The normalized spacial score (nSPS) is 15.1. The molecule has 1 heterocycles. The fourth-order valence-electron chi connectivity index (χ4n) is 5.38. The van der Waals surface area contributed by atoms with Crippen molar-refractivity contribution in [1.82, 2.24) is 4.90 Å². The molecule has 1 aliphatic heterocycles. The Bertz CT molecular complexity index is 955. The molecule has 1 aromatic carbocycles. The number of para-hydroxylation sites is 1. The van der Waals surface area contributed by atoms with Gasteiger partial charge in [-0.1, -0.05) is 128 Å². The molecule has 1 unspecified atom stereocenters. The minimum atomic E-state index is -0.538. The molecule has 1 aromatic rings. The Balaban J connectivity index is 1.60. The van der Waals surface area contributed by atoms with Gasteiger partial charge in [0.15, 0.2) is 0 Å². The standard InChI is InChI=1S/C33H50N2O4/c1-4-5-6-7-8-9-10-11-12-13-14-15-16-17-18-19-22-28-25-31(37)35(33(28)39)26(2)32(38)29-23-20-21-24-30(29)34-27(3)36/h20-21,23-24,28H,2,4-19,22,25H2,1,3H3,(H,34,36). The molecule has 2 rings (SSSR count). The zero-order valence-electron chi connectivity index (χ0n) is 24.4. The number of carbonyl (C=O) groups is 4. The van der Waals surface area contributed by atoms with Crippen LogP contribution in [-0.2, 0) is 14.4 Å². The Kier molecular flexibility index (Phi) is 15.4. The van der Waals surface area contributed by atoms with Crippen LogP contribution >= 0.6 is 0 Å². The molecule has 1 saturated heterocycles. The minimum Gasteiger partial charge on any atom is -0.326 e. The third-order valence-electron chi connectivity index (χ3n) is 7.66. The largest absolute Gasteiger partial charge is 0.326 e. The lowest BCUT2D eigenvalue weighted by Gasteiger charge is -2.18. The number of benzene rings is 1. The summed E-state index contributed by atoms with van der Waals surface area (Å²) in [6.07, 6.45) is 21.5. The van der Waals surface area contributed by atoms with Crippen molar-refractivity contribution in [2.75, 3.05) is 5.32 Å². The molecule has 0 aromatic heterocycles. The molecular weight excluding hydrogens is 488 g/mol. The van der Waals surface area contributed by atoms with E-state index >= 15 is 0 Å². The number of carbonyl (C=O) groups excluding carboxylic acids is 4. The van der Waals surface area contributed by atoms with Crippen LogP contribution in [0.15, 0.2) is 36.5 Å². The zero-order valence-corrected chi connectivity index (χ0v) is 24.4. The average Bonchev–Trinajstić information content (AvgIpc) is 3.20. The first-order chi connectivity index (χ1) is 18.9. The van der Waals surface area contributed by atoms with Gasteiger partial charge in [-0.15, -0.1) is 0 Å². The van der Waals surface area contributed by atoms with Crippen LogP contribution in [0, 0.1) is 5.92 Å². The third-order valence-corrected chi connectivity index (χ3v) is 7.66. The van der Waals surface area contributed by atoms with Crippen molar-refractivity contribution in [2.24, 2.45) is 5.92 Å². The number of anilines is 1. The second-order valence-corrected chi connectivity index (χ2v) is 11.1. The summed E-state index contributed by atoms with van der Waals surface area (Å²) in [6.45, 7) is 7.39. The highest BCUT2D eigenvalue weighted by atomic mass is 16.2. The lowest BCUT2D eigenvalue weighted by Crippen LogP contribution is -2.33. The van der Waals surface area contributed by atoms with Crippen LogP contribution in [0.25, 0.3) is 0 Å². The van der Waals surface area contributed by atoms with Crippen molar-refractivity contribution in [1.29, 1.82) is 0 Å². The smallest absolute Gasteiger partial charge is 0.237 e. The van der Waals surface area contributed by atoms with Crippen LogP contribution in [0.2, 0.25) is 0 Å². The Morgan fingerprint density at radius 2 is 1.31 bits per heavy atom. The lowest BCUT2D eigenvalue weighted by molar-refractivity contribution is -0.136. The van der Waals surface area contributed by atoms with Crippen LogP contribution in [-0.4, -0.2) is 28.4 Å². The van der Waals surface area contributed by atoms with Crippen LogP contribution in [0.1, 0.15) is 140 Å². The maximum absolute atomic E-state index is 13.1. The van der Waals surface area contributed by atoms with E-state index in [0.717, 1.165) is 24.2 Å². The molecule has 6 heteroatoms. The maximum Gasteiger partial charge on any atom is 0.237 e. The summed E-state index contributed by atoms with van der Waals surface area (Å²) in [6, 6.07) is 6.53. The Hall–Kier alpha value is -2.76. The molecule has 0 bridgehead atoms. The van der Waals surface area contributed by atoms with E-state index in [1.54, 1.807) is 24.3 Å². The molecule has 216 valence electrons. The van der Waals surface area contributed by atoms with Gasteiger partial charge < -0.3 is 5.32 Å². The molecule has 0 spiro atoms. The van der Waals surface area contributed by atoms with Crippen LogP contribution in [0.3, 0.4) is 0 Å². The Morgan fingerprint density at radius 1 is 0.821 bits per heavy atom. The molecule has 1 atom stereocenters. The first-order valence-corrected chi connectivity index (χ1v) is 15.3. The number of hydrogen-bond acceptors (Lipinski definition) is 4. The van der Waals surface area contributed by atoms with E-state index in [9.17, 15) is 19.2 Å². The van der Waals surface area contributed by atoms with Gasteiger partial charge in [0.05, 0.1) is 11.4 Å². The molecule has 0 radical (unpaired) electrons. The van der Waals surface area contributed by atoms with E-state index in [4.69, 9.17) is 0 Å². The van der Waals surface area contributed by atoms with Crippen molar-refractivity contribution in [3.63, 3.8) is 0 Å². The molecule has 3 amide bonds. The zero-order chi connectivity index (χ0) is 28.5. The van der Waals surface area contributed by atoms with Gasteiger partial charge in [-0.2, -0.15) is 0 Å². The molecule has 0 saturated carbocycles. The van der Waals surface area contributed by atoms with Crippen molar-refractivity contribution in [3.8, 4) is 0 Å². The molecule has 1 aliphatic rings. The van der Waals surface area contributed by atoms with Gasteiger partial charge in [-0.05, 0) is 18.6 Å². The van der Waals surface area contributed by atoms with Crippen molar-refractivity contribution in [2.45, 2.75) is 129 Å². The lowest BCUT2D eigenvalue weighted by atomic mass is 9.98. The van der Waals surface area contributed by atoms with E-state index in [0.29, 0.717) is 12.1 Å². The van der Waals surface area contributed by atoms with Crippen molar-refractivity contribution in [3.05, 3.63) is 42.1 Å². The monoisotopic (exact) mass is 538 g/mol. The first-order valence-electron chi connectivity index (χ1n) is 15.3. The quantitative estimate of drug-likeness (QED) is 0.0737. The van der Waals surface area contributed by atoms with Gasteiger partial charge in [-0.25, -0.2) is 4.90 Å². The fraction of sp³-hybridized carbons (Fsp3) is 0.636. The maximum atomic E-state index is 13.1. The summed E-state index contributed by atoms with van der Waals surface area (Å²) in [4.78, 5) is 51.1. The highest BCUT2D eigenvalue weighted by Gasteiger charge is 2.41. The topological polar surface area (TPSA) is 83.6 Å². The number of hydrogen-bond donors (Lipinski definition) is 1. The number of nitrogens with one attached hydrogen (secondary N) is 1. The number of unbranched alkanes of at least 4 members (excludes halogenated alkanes) is 15. The average molecular weight is 539 g/mol. The number of Topliss-reactive ketones (excluding diaryl/α,β-unsaturated/α-hetero) is 1. The van der Waals surface area contributed by atoms with E-state index in [1.807, 2.05) is 0 Å². The summed E-state index contributed by atoms with van der Waals surface area (Å²) in [5.74, 6) is -1.95. The van der Waals surface area contributed by atoms with E-state index in [-0.39, 0.29) is 41.3 Å². The van der Waals surface area contributed by atoms with E-state index < -0.39 is 5.78 Å². The van der Waals surface area contributed by atoms with Gasteiger partial charge in [0.25, 0.3) is 0 Å². The highest BCUT2D eigenvalue weighted by molar-refractivity contribution is 6.18. The van der Waals surface area contributed by atoms with Gasteiger partial charge in [0.1, 0.15) is 0 Å². The van der Waals surface area contributed by atoms with E-state index in [1.165, 1.54) is 90.4 Å². The summed E-state index contributed by atoms with van der Waals surface area (Å²) < 4.78 is 0. The highest BCUT2D eigenvalue weighted by Crippen LogP contribution is 2.30. The minimum absolute atomic E-state index is 0.122. The first kappa shape index (κ1) is 32.5. The summed E-state index contributed by atoms with van der Waals surface area (Å²) in [5.41, 5.74) is 0.386. The van der Waals surface area contributed by atoms with Crippen LogP contribution in [0.4, 0.5) is 5.69 Å². The van der Waals surface area contributed by atoms with Gasteiger partial charge in [0, 0.05) is 24.8 Å². The number of rotatable bonds is 21. The predicted molar refractivity (Wildman–Crippen MR) is 158 cm³/mol. The molecule has 6 nitrogen and oxygen atoms in total. The number of likely N-dealkylation sites (tertiary alicyclic amines) is 1. The van der Waals surface area contributed by atoms with Gasteiger partial charge >= 0.3 is 0 Å². The Morgan fingerprint density at radius 3 is 1.82 bits per heavy atom. The van der Waals surface area contributed by atoms with Crippen LogP contribution in [0.5, 0.6) is 0 Å². The van der Waals surface area contributed by atoms with Gasteiger partial charge in [0.2, 0.25) is 23.5 Å². The fourth-order valence-corrected chi connectivity index (χ4v) is 5.38. The number of nitrogens with zero attached hydrogens (tertiary/aromatic N) is 1. The van der Waals surface area contributed by atoms with Crippen LogP contribution < -0.4 is 5.32 Å². The third kappa shape index (κ3) is 11.5. The number of amides is 3. The summed E-state index contributed by atoms with van der Waals surface area (Å²) in [7, 11) is 0. The molecule has 0 aliphatic carbocycles. The van der Waals surface area contributed by atoms with E-state index in [2.05, 4.69) is 18.8 Å².